The molecule has 0 saturated heterocycles. The van der Waals surface area contributed by atoms with Gasteiger partial charge in [0.15, 0.2) is 0 Å². The van der Waals surface area contributed by atoms with Crippen molar-refractivity contribution in [2.24, 2.45) is 5.92 Å². The van der Waals surface area contributed by atoms with Crippen LogP contribution >= 0.6 is 0 Å². The van der Waals surface area contributed by atoms with Crippen LogP contribution in [0.1, 0.15) is 25.3 Å². The minimum Gasteiger partial charge on any atom is -0.444 e. The van der Waals surface area contributed by atoms with Crippen molar-refractivity contribution in [2.45, 2.75) is 32.7 Å². The summed E-state index contributed by atoms with van der Waals surface area (Å²) in [6.45, 7) is 6.83. The van der Waals surface area contributed by atoms with Crippen molar-refractivity contribution < 1.29 is 9.13 Å². The monoisotopic (exact) mass is 265 g/mol. The van der Waals surface area contributed by atoms with E-state index in [1.807, 2.05) is 6.07 Å². The average Bonchev–Trinajstić information content (AvgIpc) is 3.17. The number of hydrogen-bond acceptors (Lipinski definition) is 4. The summed E-state index contributed by atoms with van der Waals surface area (Å²) in [6, 6.07) is 3.58. The zero-order valence-electron chi connectivity index (χ0n) is 11.2. The van der Waals surface area contributed by atoms with Crippen molar-refractivity contribution in [2.75, 3.05) is 6.54 Å². The lowest BCUT2D eigenvalue weighted by molar-refractivity contribution is 0.0809. The van der Waals surface area contributed by atoms with E-state index in [4.69, 9.17) is 4.74 Å². The van der Waals surface area contributed by atoms with Gasteiger partial charge in [-0.1, -0.05) is 6.58 Å². The van der Waals surface area contributed by atoms with E-state index in [0.717, 1.165) is 23.8 Å². The van der Waals surface area contributed by atoms with Gasteiger partial charge in [-0.3, -0.25) is 0 Å². The molecule has 5 heteroatoms. The molecule has 104 valence electrons. The Morgan fingerprint density at radius 3 is 3.05 bits per heavy atom. The van der Waals surface area contributed by atoms with Crippen LogP contribution in [0.2, 0.25) is 0 Å². The van der Waals surface area contributed by atoms with Crippen LogP contribution in [-0.4, -0.2) is 17.9 Å². The highest BCUT2D eigenvalue weighted by atomic mass is 19.1. The Bertz CT molecular complexity index is 432. The largest absolute Gasteiger partial charge is 0.444 e. The molecule has 0 spiro atoms. The molecule has 1 aromatic heterocycles. The number of aromatic nitrogens is 1. The quantitative estimate of drug-likeness (QED) is 0.757. The molecule has 4 nitrogen and oxygen atoms in total. The standard InChI is InChI=1S/C14H20FN3O/c1-10(15)19-14-7-13(5-6-16-14)9-18-11(2)17-8-12-3-4-12/h5-7,10,12,17-18H,2-4,8-9H2,1H3. The smallest absolute Gasteiger partial charge is 0.237 e. The molecule has 2 rings (SSSR count). The predicted octanol–water partition coefficient (Wildman–Crippen LogP) is 2.34. The SMILES string of the molecule is C=C(NCc1ccnc(OC(C)F)c1)NCC1CC1. The summed E-state index contributed by atoms with van der Waals surface area (Å²) >= 11 is 0. The normalized spacial score (nSPS) is 15.7. The first kappa shape index (κ1) is 13.6. The second-order valence-corrected chi connectivity index (χ2v) is 4.82. The minimum atomic E-state index is -1.36. The van der Waals surface area contributed by atoms with E-state index < -0.39 is 6.36 Å². The highest BCUT2D eigenvalue weighted by molar-refractivity contribution is 5.20. The van der Waals surface area contributed by atoms with E-state index in [-0.39, 0.29) is 0 Å². The summed E-state index contributed by atoms with van der Waals surface area (Å²) in [5.74, 6) is 1.92. The van der Waals surface area contributed by atoms with Gasteiger partial charge in [0, 0.05) is 32.3 Å². The van der Waals surface area contributed by atoms with Crippen molar-refractivity contribution >= 4 is 0 Å². The van der Waals surface area contributed by atoms with Crippen LogP contribution in [0.15, 0.2) is 30.7 Å². The van der Waals surface area contributed by atoms with Crippen LogP contribution in [0.5, 0.6) is 5.88 Å². The Balaban J connectivity index is 1.76. The second kappa shape index (κ2) is 6.41. The first-order valence-corrected chi connectivity index (χ1v) is 6.56. The summed E-state index contributed by atoms with van der Waals surface area (Å²) in [5.41, 5.74) is 0.972. The Labute approximate surface area is 113 Å². The van der Waals surface area contributed by atoms with Gasteiger partial charge in [-0.25, -0.2) is 9.37 Å². The fourth-order valence-corrected chi connectivity index (χ4v) is 1.65. The number of alkyl halides is 1. The van der Waals surface area contributed by atoms with Gasteiger partial charge < -0.3 is 15.4 Å². The van der Waals surface area contributed by atoms with Crippen LogP contribution in [-0.2, 0) is 6.54 Å². The van der Waals surface area contributed by atoms with E-state index >= 15 is 0 Å². The van der Waals surface area contributed by atoms with Crippen LogP contribution < -0.4 is 15.4 Å². The molecule has 1 heterocycles. The maximum Gasteiger partial charge on any atom is 0.237 e. The molecule has 2 N–H and O–H groups in total. The van der Waals surface area contributed by atoms with E-state index in [2.05, 4.69) is 22.2 Å². The molecular weight excluding hydrogens is 245 g/mol. The van der Waals surface area contributed by atoms with Gasteiger partial charge >= 0.3 is 0 Å². The van der Waals surface area contributed by atoms with Gasteiger partial charge in [-0.05, 0) is 30.4 Å². The lowest BCUT2D eigenvalue weighted by atomic mass is 10.2. The van der Waals surface area contributed by atoms with E-state index in [1.165, 1.54) is 19.8 Å². The number of nitrogens with one attached hydrogen (secondary N) is 2. The lowest BCUT2D eigenvalue weighted by Gasteiger charge is -2.12. The average molecular weight is 265 g/mol. The van der Waals surface area contributed by atoms with Crippen molar-refractivity contribution in [1.29, 1.82) is 0 Å². The molecule has 1 fully saturated rings. The Hall–Kier alpha value is -1.78. The molecule has 1 atom stereocenters. The third-order valence-electron chi connectivity index (χ3n) is 2.89. The topological polar surface area (TPSA) is 46.2 Å². The van der Waals surface area contributed by atoms with Crippen LogP contribution in [0.25, 0.3) is 0 Å². The molecule has 0 amide bonds. The van der Waals surface area contributed by atoms with Crippen LogP contribution in [0, 0.1) is 5.92 Å². The highest BCUT2D eigenvalue weighted by Crippen LogP contribution is 2.27. The summed E-state index contributed by atoms with van der Waals surface area (Å²) in [6.07, 6.45) is 2.88. The van der Waals surface area contributed by atoms with Gasteiger partial charge in [0.05, 0.1) is 5.82 Å². The number of ether oxygens (including phenoxy) is 1. The molecule has 0 radical (unpaired) electrons. The third kappa shape index (κ3) is 5.16. The Morgan fingerprint density at radius 2 is 2.37 bits per heavy atom. The summed E-state index contributed by atoms with van der Waals surface area (Å²) in [4.78, 5) is 3.95. The molecule has 0 aromatic carbocycles. The maximum atomic E-state index is 12.7. The third-order valence-corrected chi connectivity index (χ3v) is 2.89. The van der Waals surface area contributed by atoms with Gasteiger partial charge in [0.25, 0.3) is 0 Å². The predicted molar refractivity (Wildman–Crippen MR) is 72.1 cm³/mol. The van der Waals surface area contributed by atoms with Gasteiger partial charge in [-0.15, -0.1) is 0 Å². The fraction of sp³-hybridized carbons (Fsp3) is 0.500. The summed E-state index contributed by atoms with van der Waals surface area (Å²) < 4.78 is 17.6. The first-order chi connectivity index (χ1) is 9.13. The van der Waals surface area contributed by atoms with Crippen molar-refractivity contribution in [3.63, 3.8) is 0 Å². The van der Waals surface area contributed by atoms with E-state index in [0.29, 0.717) is 12.4 Å². The molecule has 1 aliphatic carbocycles. The summed E-state index contributed by atoms with van der Waals surface area (Å²) in [5, 5.41) is 6.43. The molecular formula is C14H20FN3O. The Morgan fingerprint density at radius 1 is 1.58 bits per heavy atom. The number of halogens is 1. The van der Waals surface area contributed by atoms with Gasteiger partial charge in [0.1, 0.15) is 0 Å². The highest BCUT2D eigenvalue weighted by Gasteiger charge is 2.20. The number of pyridine rings is 1. The zero-order valence-corrected chi connectivity index (χ0v) is 11.2. The second-order valence-electron chi connectivity index (χ2n) is 4.82. The molecule has 1 aromatic rings. The van der Waals surface area contributed by atoms with Gasteiger partial charge in [-0.2, -0.15) is 0 Å². The van der Waals surface area contributed by atoms with Crippen molar-refractivity contribution in [1.82, 2.24) is 15.6 Å². The molecule has 19 heavy (non-hydrogen) atoms. The minimum absolute atomic E-state index is 0.297. The molecule has 0 aliphatic heterocycles. The zero-order chi connectivity index (χ0) is 13.7. The van der Waals surface area contributed by atoms with Crippen LogP contribution in [0.3, 0.4) is 0 Å². The number of rotatable bonds is 8. The Kier molecular flexibility index (Phi) is 4.60. The lowest BCUT2D eigenvalue weighted by Crippen LogP contribution is -2.26. The van der Waals surface area contributed by atoms with Crippen molar-refractivity contribution in [3.8, 4) is 5.88 Å². The fourth-order valence-electron chi connectivity index (χ4n) is 1.65. The van der Waals surface area contributed by atoms with E-state index in [1.54, 1.807) is 12.3 Å². The van der Waals surface area contributed by atoms with Gasteiger partial charge in [0.2, 0.25) is 12.2 Å². The van der Waals surface area contributed by atoms with E-state index in [9.17, 15) is 4.39 Å². The maximum absolute atomic E-state index is 12.7. The first-order valence-electron chi connectivity index (χ1n) is 6.56. The molecule has 1 saturated carbocycles. The number of hydrogen-bond donors (Lipinski definition) is 2. The van der Waals surface area contributed by atoms with Crippen molar-refractivity contribution in [3.05, 3.63) is 36.3 Å². The molecule has 1 unspecified atom stereocenters. The molecule has 0 bridgehead atoms. The molecule has 1 aliphatic rings. The van der Waals surface area contributed by atoms with Crippen LogP contribution in [0.4, 0.5) is 4.39 Å². The summed E-state index contributed by atoms with van der Waals surface area (Å²) in [7, 11) is 0. The number of nitrogens with zero attached hydrogens (tertiary/aromatic N) is 1.